The monoisotopic (exact) mass is 230 g/mol. The molecule has 0 amide bonds. The number of hydrogen-bond donors (Lipinski definition) is 0. The second-order valence-corrected chi connectivity index (χ2v) is 4.72. The third-order valence-corrected chi connectivity index (χ3v) is 3.40. The summed E-state index contributed by atoms with van der Waals surface area (Å²) < 4.78 is 0. The van der Waals surface area contributed by atoms with Gasteiger partial charge in [0.25, 0.3) is 0 Å². The van der Waals surface area contributed by atoms with E-state index in [9.17, 15) is 0 Å². The Labute approximate surface area is 102 Å². The minimum atomic E-state index is 0.422. The van der Waals surface area contributed by atoms with E-state index in [1.54, 1.807) is 12.4 Å². The van der Waals surface area contributed by atoms with Gasteiger partial charge in [-0.05, 0) is 18.8 Å². The highest BCUT2D eigenvalue weighted by atomic mass is 15.2. The van der Waals surface area contributed by atoms with Crippen LogP contribution < -0.4 is 4.90 Å². The van der Waals surface area contributed by atoms with E-state index in [1.807, 2.05) is 7.05 Å². The summed E-state index contributed by atoms with van der Waals surface area (Å²) in [5.41, 5.74) is 0.422. The van der Waals surface area contributed by atoms with Crippen LogP contribution in [0.15, 0.2) is 12.4 Å². The van der Waals surface area contributed by atoms with Gasteiger partial charge in [0.2, 0.25) is 0 Å². The van der Waals surface area contributed by atoms with Crippen LogP contribution in [0.2, 0.25) is 0 Å². The number of rotatable bonds is 3. The van der Waals surface area contributed by atoms with E-state index >= 15 is 0 Å². The molecule has 0 bridgehead atoms. The lowest BCUT2D eigenvalue weighted by molar-refractivity contribution is 0.361. The Morgan fingerprint density at radius 1 is 1.29 bits per heavy atom. The van der Waals surface area contributed by atoms with E-state index in [1.165, 1.54) is 32.1 Å². The maximum atomic E-state index is 8.99. The van der Waals surface area contributed by atoms with Gasteiger partial charge in [-0.2, -0.15) is 5.26 Å². The maximum Gasteiger partial charge on any atom is 0.183 e. The molecule has 1 aromatic heterocycles. The normalized spacial score (nSPS) is 16.5. The summed E-state index contributed by atoms with van der Waals surface area (Å²) in [6.07, 6.45) is 9.85. The first kappa shape index (κ1) is 11.8. The number of nitriles is 1. The summed E-state index contributed by atoms with van der Waals surface area (Å²) in [7, 11) is 2.00. The van der Waals surface area contributed by atoms with Crippen molar-refractivity contribution in [1.82, 2.24) is 9.97 Å². The van der Waals surface area contributed by atoms with Crippen LogP contribution in [-0.4, -0.2) is 23.6 Å². The molecule has 1 aliphatic rings. The van der Waals surface area contributed by atoms with E-state index < -0.39 is 0 Å². The first-order chi connectivity index (χ1) is 8.31. The van der Waals surface area contributed by atoms with Crippen LogP contribution in [0.4, 0.5) is 5.82 Å². The molecule has 0 aliphatic heterocycles. The fourth-order valence-corrected chi connectivity index (χ4v) is 2.53. The molecule has 0 N–H and O–H groups in total. The molecular weight excluding hydrogens is 212 g/mol. The standard InChI is InChI=1S/C13H18N4/c1-17(10-11-5-3-2-4-6-11)13-12(9-14)15-7-8-16-13/h7-8,11H,2-6,10H2,1H3. The van der Waals surface area contributed by atoms with Gasteiger partial charge in [0, 0.05) is 26.0 Å². The number of aromatic nitrogens is 2. The largest absolute Gasteiger partial charge is 0.357 e. The summed E-state index contributed by atoms with van der Waals surface area (Å²) in [5, 5.41) is 8.99. The minimum Gasteiger partial charge on any atom is -0.357 e. The van der Waals surface area contributed by atoms with Crippen LogP contribution in [0, 0.1) is 17.2 Å². The zero-order valence-electron chi connectivity index (χ0n) is 10.3. The molecule has 4 heteroatoms. The number of hydrogen-bond acceptors (Lipinski definition) is 4. The van der Waals surface area contributed by atoms with Gasteiger partial charge in [-0.1, -0.05) is 19.3 Å². The van der Waals surface area contributed by atoms with Gasteiger partial charge in [-0.3, -0.25) is 0 Å². The lowest BCUT2D eigenvalue weighted by atomic mass is 9.89. The molecule has 1 aliphatic carbocycles. The highest BCUT2D eigenvalue weighted by Crippen LogP contribution is 2.25. The summed E-state index contributed by atoms with van der Waals surface area (Å²) in [4.78, 5) is 10.4. The van der Waals surface area contributed by atoms with Crippen LogP contribution in [0.25, 0.3) is 0 Å². The van der Waals surface area contributed by atoms with Gasteiger partial charge in [-0.15, -0.1) is 0 Å². The second-order valence-electron chi connectivity index (χ2n) is 4.72. The van der Waals surface area contributed by atoms with Crippen molar-refractivity contribution < 1.29 is 0 Å². The van der Waals surface area contributed by atoms with E-state index in [4.69, 9.17) is 5.26 Å². The van der Waals surface area contributed by atoms with E-state index in [2.05, 4.69) is 20.9 Å². The molecule has 0 saturated heterocycles. The molecule has 4 nitrogen and oxygen atoms in total. The quantitative estimate of drug-likeness (QED) is 0.800. The lowest BCUT2D eigenvalue weighted by Gasteiger charge is -2.27. The Morgan fingerprint density at radius 3 is 2.71 bits per heavy atom. The molecule has 0 unspecified atom stereocenters. The molecule has 17 heavy (non-hydrogen) atoms. The molecule has 1 heterocycles. The second kappa shape index (κ2) is 5.62. The fraction of sp³-hybridized carbons (Fsp3) is 0.615. The first-order valence-corrected chi connectivity index (χ1v) is 6.23. The Morgan fingerprint density at radius 2 is 2.00 bits per heavy atom. The van der Waals surface area contributed by atoms with Crippen molar-refractivity contribution in [3.63, 3.8) is 0 Å². The van der Waals surface area contributed by atoms with Crippen molar-refractivity contribution in [1.29, 1.82) is 5.26 Å². The predicted octanol–water partition coefficient (Wildman–Crippen LogP) is 2.36. The number of nitrogens with zero attached hydrogens (tertiary/aromatic N) is 4. The van der Waals surface area contributed by atoms with E-state index in [0.717, 1.165) is 12.5 Å². The minimum absolute atomic E-state index is 0.422. The summed E-state index contributed by atoms with van der Waals surface area (Å²) in [5.74, 6) is 1.45. The van der Waals surface area contributed by atoms with Crippen molar-refractivity contribution >= 4 is 5.82 Å². The van der Waals surface area contributed by atoms with E-state index in [0.29, 0.717) is 11.5 Å². The SMILES string of the molecule is CN(CC1CCCCC1)c1nccnc1C#N. The number of anilines is 1. The Balaban J connectivity index is 2.03. The van der Waals surface area contributed by atoms with Gasteiger partial charge in [0.15, 0.2) is 11.5 Å². The van der Waals surface area contributed by atoms with Crippen molar-refractivity contribution in [3.05, 3.63) is 18.1 Å². The molecule has 0 atom stereocenters. The van der Waals surface area contributed by atoms with Crippen LogP contribution in [0.1, 0.15) is 37.8 Å². The highest BCUT2D eigenvalue weighted by molar-refractivity contribution is 5.48. The predicted molar refractivity (Wildman–Crippen MR) is 66.6 cm³/mol. The van der Waals surface area contributed by atoms with Gasteiger partial charge in [0.1, 0.15) is 6.07 Å². The van der Waals surface area contributed by atoms with Crippen LogP contribution >= 0.6 is 0 Å². The molecule has 90 valence electrons. The third kappa shape index (κ3) is 2.94. The third-order valence-electron chi connectivity index (χ3n) is 3.40. The molecule has 0 aromatic carbocycles. The first-order valence-electron chi connectivity index (χ1n) is 6.23. The average Bonchev–Trinajstić information content (AvgIpc) is 2.40. The Kier molecular flexibility index (Phi) is 3.92. The van der Waals surface area contributed by atoms with Crippen molar-refractivity contribution in [2.75, 3.05) is 18.5 Å². The fourth-order valence-electron chi connectivity index (χ4n) is 2.53. The summed E-state index contributed by atoms with van der Waals surface area (Å²) >= 11 is 0. The smallest absolute Gasteiger partial charge is 0.183 e. The zero-order valence-corrected chi connectivity index (χ0v) is 10.3. The van der Waals surface area contributed by atoms with Gasteiger partial charge < -0.3 is 4.90 Å². The van der Waals surface area contributed by atoms with Crippen LogP contribution in [0.3, 0.4) is 0 Å². The molecular formula is C13H18N4. The van der Waals surface area contributed by atoms with E-state index in [-0.39, 0.29) is 0 Å². The molecule has 2 rings (SSSR count). The molecule has 0 spiro atoms. The Hall–Kier alpha value is -1.63. The average molecular weight is 230 g/mol. The summed E-state index contributed by atoms with van der Waals surface area (Å²) in [6.45, 7) is 0.980. The topological polar surface area (TPSA) is 52.8 Å². The maximum absolute atomic E-state index is 8.99. The van der Waals surface area contributed by atoms with Gasteiger partial charge in [0.05, 0.1) is 0 Å². The Bertz CT molecular complexity index is 404. The summed E-state index contributed by atoms with van der Waals surface area (Å²) in [6, 6.07) is 2.10. The zero-order chi connectivity index (χ0) is 12.1. The molecule has 1 aromatic rings. The van der Waals surface area contributed by atoms with Crippen molar-refractivity contribution in [2.24, 2.45) is 5.92 Å². The molecule has 0 radical (unpaired) electrons. The lowest BCUT2D eigenvalue weighted by Crippen LogP contribution is -2.28. The molecule has 1 saturated carbocycles. The van der Waals surface area contributed by atoms with Crippen molar-refractivity contribution in [3.8, 4) is 6.07 Å². The van der Waals surface area contributed by atoms with Gasteiger partial charge in [-0.25, -0.2) is 9.97 Å². The van der Waals surface area contributed by atoms with Crippen LogP contribution in [-0.2, 0) is 0 Å². The van der Waals surface area contributed by atoms with Gasteiger partial charge >= 0.3 is 0 Å². The molecule has 1 fully saturated rings. The van der Waals surface area contributed by atoms with Crippen molar-refractivity contribution in [2.45, 2.75) is 32.1 Å². The van der Waals surface area contributed by atoms with Crippen LogP contribution in [0.5, 0.6) is 0 Å². The highest BCUT2D eigenvalue weighted by Gasteiger charge is 2.17.